The predicted molar refractivity (Wildman–Crippen MR) is 120 cm³/mol. The van der Waals surface area contributed by atoms with Gasteiger partial charge in [-0.25, -0.2) is 4.98 Å². The number of nitrogens with one attached hydrogen (secondary N) is 2. The minimum atomic E-state index is -4.49. The van der Waals surface area contributed by atoms with Crippen LogP contribution in [0.5, 0.6) is 0 Å². The SMILES string of the molecule is Cc1ccc(C(=O)Nc2cccc(C(F)(F)F)c2)cc1N(C)c1cnc2[nH]ccc2c1Cl. The lowest BCUT2D eigenvalue weighted by molar-refractivity contribution is -0.137. The van der Waals surface area contributed by atoms with Crippen LogP contribution in [-0.4, -0.2) is 22.9 Å². The number of aromatic amines is 1. The van der Waals surface area contributed by atoms with Crippen LogP contribution in [0.15, 0.2) is 60.9 Å². The normalized spacial score (nSPS) is 11.6. The van der Waals surface area contributed by atoms with Crippen molar-refractivity contribution in [2.45, 2.75) is 13.1 Å². The number of hydrogen-bond donors (Lipinski definition) is 2. The van der Waals surface area contributed by atoms with Gasteiger partial charge in [-0.1, -0.05) is 23.7 Å². The van der Waals surface area contributed by atoms with Crippen molar-refractivity contribution in [3.63, 3.8) is 0 Å². The van der Waals surface area contributed by atoms with Gasteiger partial charge in [0.2, 0.25) is 0 Å². The van der Waals surface area contributed by atoms with Crippen molar-refractivity contribution >= 4 is 45.6 Å². The molecule has 2 N–H and O–H groups in total. The second-order valence-corrected chi connectivity index (χ2v) is 7.67. The molecule has 2 heterocycles. The minimum Gasteiger partial charge on any atom is -0.346 e. The Hall–Kier alpha value is -3.52. The van der Waals surface area contributed by atoms with Crippen molar-refractivity contribution in [1.29, 1.82) is 0 Å². The number of fused-ring (bicyclic) bond motifs is 1. The Morgan fingerprint density at radius 1 is 1.12 bits per heavy atom. The minimum absolute atomic E-state index is 0.0606. The van der Waals surface area contributed by atoms with Crippen molar-refractivity contribution in [1.82, 2.24) is 9.97 Å². The summed E-state index contributed by atoms with van der Waals surface area (Å²) in [5, 5.41) is 3.81. The van der Waals surface area contributed by atoms with Gasteiger partial charge in [0.1, 0.15) is 5.65 Å². The van der Waals surface area contributed by atoms with E-state index in [0.29, 0.717) is 27.6 Å². The molecule has 2 aromatic carbocycles. The van der Waals surface area contributed by atoms with E-state index in [1.165, 1.54) is 12.1 Å². The van der Waals surface area contributed by atoms with Gasteiger partial charge in [-0.15, -0.1) is 0 Å². The van der Waals surface area contributed by atoms with Crippen LogP contribution >= 0.6 is 11.6 Å². The summed E-state index contributed by atoms with van der Waals surface area (Å²) < 4.78 is 38.8. The Kier molecular flexibility index (Phi) is 5.56. The zero-order valence-corrected chi connectivity index (χ0v) is 17.8. The first-order chi connectivity index (χ1) is 15.1. The Morgan fingerprint density at radius 2 is 1.91 bits per heavy atom. The van der Waals surface area contributed by atoms with Crippen LogP contribution in [0.4, 0.5) is 30.2 Å². The van der Waals surface area contributed by atoms with Gasteiger partial charge in [-0.2, -0.15) is 13.2 Å². The Balaban J connectivity index is 1.63. The van der Waals surface area contributed by atoms with Crippen LogP contribution in [0.2, 0.25) is 5.02 Å². The fraction of sp³-hybridized carbons (Fsp3) is 0.130. The summed E-state index contributed by atoms with van der Waals surface area (Å²) in [6, 6.07) is 11.4. The van der Waals surface area contributed by atoms with E-state index in [4.69, 9.17) is 11.6 Å². The first kappa shape index (κ1) is 21.7. The predicted octanol–water partition coefficient (Wildman–Crippen LogP) is 6.56. The maximum Gasteiger partial charge on any atom is 0.416 e. The molecule has 2 aromatic heterocycles. The second kappa shape index (κ2) is 8.20. The molecule has 32 heavy (non-hydrogen) atoms. The van der Waals surface area contributed by atoms with E-state index in [2.05, 4.69) is 15.3 Å². The number of alkyl halides is 3. The fourth-order valence-corrected chi connectivity index (χ4v) is 3.75. The van der Waals surface area contributed by atoms with Gasteiger partial charge >= 0.3 is 6.18 Å². The standard InChI is InChI=1S/C23H18ClF3N4O/c1-13-6-7-14(22(32)30-16-5-3-4-15(11-16)23(25,26)27)10-18(13)31(2)19-12-29-21-17(20(19)24)8-9-28-21/h3-12H,1-2H3,(H,28,29)(H,30,32). The lowest BCUT2D eigenvalue weighted by Crippen LogP contribution is -2.16. The molecule has 0 radical (unpaired) electrons. The summed E-state index contributed by atoms with van der Waals surface area (Å²) in [5.74, 6) is -0.524. The highest BCUT2D eigenvalue weighted by atomic mass is 35.5. The number of hydrogen-bond acceptors (Lipinski definition) is 3. The summed E-state index contributed by atoms with van der Waals surface area (Å²) in [6.45, 7) is 1.89. The van der Waals surface area contributed by atoms with Crippen LogP contribution in [0.3, 0.4) is 0 Å². The number of carbonyl (C=O) groups excluding carboxylic acids is 1. The molecule has 0 spiro atoms. The first-order valence-electron chi connectivity index (χ1n) is 9.60. The van der Waals surface area contributed by atoms with E-state index in [1.54, 1.807) is 37.6 Å². The Morgan fingerprint density at radius 3 is 2.66 bits per heavy atom. The van der Waals surface area contributed by atoms with Crippen molar-refractivity contribution in [2.24, 2.45) is 0 Å². The Labute approximate surface area is 186 Å². The second-order valence-electron chi connectivity index (χ2n) is 7.29. The van der Waals surface area contributed by atoms with Gasteiger partial charge < -0.3 is 15.2 Å². The molecular weight excluding hydrogens is 441 g/mol. The molecule has 9 heteroatoms. The molecule has 0 bridgehead atoms. The van der Waals surface area contributed by atoms with Gasteiger partial charge in [-0.05, 0) is 48.9 Å². The van der Waals surface area contributed by atoms with Gasteiger partial charge in [0.05, 0.1) is 22.5 Å². The maximum absolute atomic E-state index is 12.9. The van der Waals surface area contributed by atoms with E-state index in [-0.39, 0.29) is 5.69 Å². The number of benzene rings is 2. The molecule has 4 rings (SSSR count). The molecule has 0 atom stereocenters. The third-order valence-electron chi connectivity index (χ3n) is 5.14. The zero-order valence-electron chi connectivity index (χ0n) is 17.1. The monoisotopic (exact) mass is 458 g/mol. The average Bonchev–Trinajstić information content (AvgIpc) is 3.23. The van der Waals surface area contributed by atoms with Crippen LogP contribution < -0.4 is 10.2 Å². The number of amides is 1. The number of nitrogens with zero attached hydrogens (tertiary/aromatic N) is 2. The van der Waals surface area contributed by atoms with Gasteiger partial charge in [0.25, 0.3) is 5.91 Å². The molecule has 0 saturated heterocycles. The lowest BCUT2D eigenvalue weighted by atomic mass is 10.1. The number of H-pyrrole nitrogens is 1. The molecule has 4 aromatic rings. The van der Waals surface area contributed by atoms with Crippen LogP contribution in [0, 0.1) is 6.92 Å². The summed E-state index contributed by atoms with van der Waals surface area (Å²) in [6.07, 6.45) is -1.11. The van der Waals surface area contributed by atoms with E-state index in [1.807, 2.05) is 17.9 Å². The largest absolute Gasteiger partial charge is 0.416 e. The highest BCUT2D eigenvalue weighted by molar-refractivity contribution is 6.38. The number of rotatable bonds is 4. The Bertz CT molecular complexity index is 1320. The lowest BCUT2D eigenvalue weighted by Gasteiger charge is -2.23. The summed E-state index contributed by atoms with van der Waals surface area (Å²) >= 11 is 6.57. The third kappa shape index (κ3) is 4.13. The fourth-order valence-electron chi connectivity index (χ4n) is 3.42. The molecule has 0 saturated carbocycles. The summed E-state index contributed by atoms with van der Waals surface area (Å²) in [7, 11) is 1.80. The summed E-state index contributed by atoms with van der Waals surface area (Å²) in [4.78, 5) is 21.9. The van der Waals surface area contributed by atoms with Crippen molar-refractivity contribution in [3.05, 3.63) is 82.6 Å². The van der Waals surface area contributed by atoms with Crippen LogP contribution in [0.1, 0.15) is 21.5 Å². The van der Waals surface area contributed by atoms with Gasteiger partial charge in [0.15, 0.2) is 0 Å². The van der Waals surface area contributed by atoms with E-state index < -0.39 is 17.6 Å². The number of carbonyl (C=O) groups is 1. The van der Waals surface area contributed by atoms with E-state index in [0.717, 1.165) is 23.1 Å². The highest BCUT2D eigenvalue weighted by Gasteiger charge is 2.30. The van der Waals surface area contributed by atoms with Crippen molar-refractivity contribution < 1.29 is 18.0 Å². The molecule has 0 fully saturated rings. The molecule has 5 nitrogen and oxygen atoms in total. The number of anilines is 3. The highest BCUT2D eigenvalue weighted by Crippen LogP contribution is 2.36. The van der Waals surface area contributed by atoms with Crippen molar-refractivity contribution in [2.75, 3.05) is 17.3 Å². The first-order valence-corrected chi connectivity index (χ1v) is 9.97. The van der Waals surface area contributed by atoms with Crippen molar-refractivity contribution in [3.8, 4) is 0 Å². The third-order valence-corrected chi connectivity index (χ3v) is 5.54. The molecule has 0 aliphatic heterocycles. The van der Waals surface area contributed by atoms with E-state index in [9.17, 15) is 18.0 Å². The number of pyridine rings is 1. The molecule has 0 aliphatic rings. The van der Waals surface area contributed by atoms with Gasteiger partial charge in [-0.3, -0.25) is 4.79 Å². The maximum atomic E-state index is 12.9. The number of aromatic nitrogens is 2. The molecule has 0 aliphatic carbocycles. The van der Waals surface area contributed by atoms with E-state index >= 15 is 0 Å². The summed E-state index contributed by atoms with van der Waals surface area (Å²) in [5.41, 5.74) is 2.43. The molecular formula is C23H18ClF3N4O. The molecule has 1 amide bonds. The topological polar surface area (TPSA) is 61.0 Å². The number of halogens is 4. The molecule has 0 unspecified atom stereocenters. The molecule has 164 valence electrons. The zero-order chi connectivity index (χ0) is 23.0. The smallest absolute Gasteiger partial charge is 0.346 e. The number of aryl methyl sites for hydroxylation is 1. The van der Waals surface area contributed by atoms with Gasteiger partial charge in [0, 0.05) is 35.6 Å². The quantitative estimate of drug-likeness (QED) is 0.364. The average molecular weight is 459 g/mol. The van der Waals surface area contributed by atoms with Crippen LogP contribution in [0.25, 0.3) is 11.0 Å². The van der Waals surface area contributed by atoms with Crippen LogP contribution in [-0.2, 0) is 6.18 Å².